The van der Waals surface area contributed by atoms with Crippen LogP contribution in [-0.4, -0.2) is 46.8 Å². The first-order valence-corrected chi connectivity index (χ1v) is 12.2. The van der Waals surface area contributed by atoms with Crippen LogP contribution < -0.4 is 15.6 Å². The molecule has 2 aromatic heterocycles. The maximum atomic E-state index is 13.6. The molecule has 1 aliphatic carbocycles. The fraction of sp³-hybridized carbons (Fsp3) is 0.375. The van der Waals surface area contributed by atoms with Crippen molar-refractivity contribution in [2.24, 2.45) is 0 Å². The summed E-state index contributed by atoms with van der Waals surface area (Å²) in [6.45, 7) is 0. The van der Waals surface area contributed by atoms with Crippen molar-refractivity contribution >= 4 is 28.2 Å². The topological polar surface area (TPSA) is 121 Å². The SMILES string of the molecule is COC(=O)C1=C(NC2CCCCC2)Oc2nc3sc(-c4ccccc4)nn3c(=O)c2C1C(=O)OC. The molecule has 1 saturated carbocycles. The van der Waals surface area contributed by atoms with Crippen LogP contribution in [0.25, 0.3) is 15.5 Å². The van der Waals surface area contributed by atoms with E-state index < -0.39 is 23.4 Å². The summed E-state index contributed by atoms with van der Waals surface area (Å²) in [7, 11) is 2.40. The van der Waals surface area contributed by atoms with Gasteiger partial charge in [-0.3, -0.25) is 9.59 Å². The van der Waals surface area contributed by atoms with Gasteiger partial charge in [-0.15, -0.1) is 0 Å². The summed E-state index contributed by atoms with van der Waals surface area (Å²) in [6, 6.07) is 9.43. The first-order valence-electron chi connectivity index (χ1n) is 11.4. The molecule has 0 bridgehead atoms. The molecule has 1 aromatic carbocycles. The van der Waals surface area contributed by atoms with Crippen molar-refractivity contribution in [1.29, 1.82) is 0 Å². The molecule has 1 unspecified atom stereocenters. The standard InChI is InChI=1S/C24H24N4O6S/c1-32-22(30)15-16-18(34-19(17(15)23(31)33-2)25-14-11-7-4-8-12-14)26-24-28(21(16)29)27-20(35-24)13-9-5-3-6-10-13/h3,5-6,9-10,14-15,25H,4,7-8,11-12H2,1-2H3. The number of fused-ring (bicyclic) bond motifs is 2. The summed E-state index contributed by atoms with van der Waals surface area (Å²) in [6.07, 6.45) is 5.00. The fourth-order valence-electron chi connectivity index (χ4n) is 4.50. The van der Waals surface area contributed by atoms with E-state index in [1.165, 1.54) is 25.6 Å². The second-order valence-corrected chi connectivity index (χ2v) is 9.33. The van der Waals surface area contributed by atoms with Crippen molar-refractivity contribution in [3.05, 3.63) is 57.7 Å². The van der Waals surface area contributed by atoms with Crippen molar-refractivity contribution in [3.8, 4) is 16.5 Å². The molecule has 182 valence electrons. The molecule has 11 heteroatoms. The monoisotopic (exact) mass is 496 g/mol. The Hall–Kier alpha value is -3.73. The van der Waals surface area contributed by atoms with Gasteiger partial charge in [0.1, 0.15) is 22.1 Å². The summed E-state index contributed by atoms with van der Waals surface area (Å²) in [5.74, 6) is -2.95. The third-order valence-electron chi connectivity index (χ3n) is 6.23. The molecule has 1 N–H and O–H groups in total. The van der Waals surface area contributed by atoms with Crippen molar-refractivity contribution < 1.29 is 23.8 Å². The van der Waals surface area contributed by atoms with Crippen LogP contribution in [0.1, 0.15) is 43.6 Å². The number of aromatic nitrogens is 3. The van der Waals surface area contributed by atoms with Gasteiger partial charge in [-0.05, 0) is 12.8 Å². The minimum atomic E-state index is -1.37. The van der Waals surface area contributed by atoms with Gasteiger partial charge in [0.25, 0.3) is 5.56 Å². The summed E-state index contributed by atoms with van der Waals surface area (Å²) in [5, 5.41) is 8.25. The van der Waals surface area contributed by atoms with E-state index in [4.69, 9.17) is 14.2 Å². The molecule has 1 aliphatic heterocycles. The van der Waals surface area contributed by atoms with E-state index in [1.807, 2.05) is 30.3 Å². The van der Waals surface area contributed by atoms with Gasteiger partial charge in [0.05, 0.1) is 14.2 Å². The molecular weight excluding hydrogens is 472 g/mol. The highest BCUT2D eigenvalue weighted by molar-refractivity contribution is 7.19. The van der Waals surface area contributed by atoms with Gasteiger partial charge in [-0.2, -0.15) is 14.6 Å². The second-order valence-electron chi connectivity index (χ2n) is 8.38. The molecule has 35 heavy (non-hydrogen) atoms. The van der Waals surface area contributed by atoms with E-state index in [0.717, 1.165) is 42.2 Å². The number of nitrogens with zero attached hydrogens (tertiary/aromatic N) is 3. The zero-order chi connectivity index (χ0) is 24.5. The predicted molar refractivity (Wildman–Crippen MR) is 127 cm³/mol. The summed E-state index contributed by atoms with van der Waals surface area (Å²) in [4.78, 5) is 44.2. The average molecular weight is 497 g/mol. The third-order valence-corrected chi connectivity index (χ3v) is 7.19. The van der Waals surface area contributed by atoms with E-state index >= 15 is 0 Å². The van der Waals surface area contributed by atoms with Gasteiger partial charge >= 0.3 is 11.9 Å². The van der Waals surface area contributed by atoms with E-state index in [9.17, 15) is 14.4 Å². The zero-order valence-electron chi connectivity index (χ0n) is 19.3. The first-order chi connectivity index (χ1) is 17.0. The van der Waals surface area contributed by atoms with Crippen LogP contribution >= 0.6 is 11.3 Å². The second kappa shape index (κ2) is 9.49. The molecule has 5 rings (SSSR count). The van der Waals surface area contributed by atoms with Crippen LogP contribution in [0.2, 0.25) is 0 Å². The Morgan fingerprint density at radius 2 is 1.86 bits per heavy atom. The number of ether oxygens (including phenoxy) is 3. The molecule has 2 aliphatic rings. The fourth-order valence-corrected chi connectivity index (χ4v) is 5.39. The normalized spacial score (nSPS) is 18.1. The smallest absolute Gasteiger partial charge is 0.340 e. The van der Waals surface area contributed by atoms with Gasteiger partial charge in [0.2, 0.25) is 16.7 Å². The Morgan fingerprint density at radius 3 is 2.54 bits per heavy atom. The number of rotatable bonds is 5. The Morgan fingerprint density at radius 1 is 1.11 bits per heavy atom. The molecule has 10 nitrogen and oxygen atoms in total. The Labute approximate surface area is 204 Å². The zero-order valence-corrected chi connectivity index (χ0v) is 20.1. The van der Waals surface area contributed by atoms with Crippen LogP contribution in [-0.2, 0) is 19.1 Å². The van der Waals surface area contributed by atoms with Crippen molar-refractivity contribution in [2.45, 2.75) is 44.1 Å². The van der Waals surface area contributed by atoms with Gasteiger partial charge < -0.3 is 19.5 Å². The molecule has 0 amide bonds. The quantitative estimate of drug-likeness (QED) is 0.532. The summed E-state index contributed by atoms with van der Waals surface area (Å²) >= 11 is 1.22. The number of hydrogen-bond acceptors (Lipinski definition) is 10. The number of carbonyl (C=O) groups is 2. The predicted octanol–water partition coefficient (Wildman–Crippen LogP) is 2.77. The Kier molecular flexibility index (Phi) is 6.25. The summed E-state index contributed by atoms with van der Waals surface area (Å²) < 4.78 is 17.1. The lowest BCUT2D eigenvalue weighted by atomic mass is 9.90. The van der Waals surface area contributed by atoms with E-state index in [2.05, 4.69) is 15.4 Å². The molecule has 0 saturated heterocycles. The number of nitrogens with one attached hydrogen (secondary N) is 1. The van der Waals surface area contributed by atoms with Gasteiger partial charge in [0, 0.05) is 11.6 Å². The van der Waals surface area contributed by atoms with E-state index in [0.29, 0.717) is 9.97 Å². The van der Waals surface area contributed by atoms with Crippen LogP contribution in [0.15, 0.2) is 46.6 Å². The third kappa shape index (κ3) is 4.16. The lowest BCUT2D eigenvalue weighted by Crippen LogP contribution is -2.41. The number of benzene rings is 1. The lowest BCUT2D eigenvalue weighted by molar-refractivity contribution is -0.145. The maximum absolute atomic E-state index is 13.6. The average Bonchev–Trinajstić information content (AvgIpc) is 3.33. The molecule has 1 fully saturated rings. The highest BCUT2D eigenvalue weighted by Gasteiger charge is 2.44. The van der Waals surface area contributed by atoms with E-state index in [-0.39, 0.29) is 28.9 Å². The number of esters is 2. The molecule has 3 aromatic rings. The maximum Gasteiger partial charge on any atom is 0.340 e. The molecular formula is C24H24N4O6S. The van der Waals surface area contributed by atoms with Crippen LogP contribution in [0.4, 0.5) is 0 Å². The van der Waals surface area contributed by atoms with Crippen LogP contribution in [0.3, 0.4) is 0 Å². The van der Waals surface area contributed by atoms with Crippen LogP contribution in [0.5, 0.6) is 5.88 Å². The first kappa shape index (κ1) is 23.0. The molecule has 1 atom stereocenters. The number of carbonyl (C=O) groups excluding carboxylic acids is 2. The number of hydrogen-bond donors (Lipinski definition) is 1. The van der Waals surface area contributed by atoms with Gasteiger partial charge in [-0.1, -0.05) is 60.9 Å². The highest BCUT2D eigenvalue weighted by atomic mass is 32.1. The number of methoxy groups -OCH3 is 2. The largest absolute Gasteiger partial charge is 0.468 e. The van der Waals surface area contributed by atoms with Crippen molar-refractivity contribution in [1.82, 2.24) is 19.9 Å². The minimum absolute atomic E-state index is 0.0520. The Balaban J connectivity index is 1.67. The molecule has 0 spiro atoms. The Bertz CT molecular complexity index is 1370. The van der Waals surface area contributed by atoms with Crippen LogP contribution in [0, 0.1) is 0 Å². The van der Waals surface area contributed by atoms with Crippen molar-refractivity contribution in [2.75, 3.05) is 14.2 Å². The lowest BCUT2D eigenvalue weighted by Gasteiger charge is -2.30. The minimum Gasteiger partial charge on any atom is -0.468 e. The summed E-state index contributed by atoms with van der Waals surface area (Å²) in [5.41, 5.74) is -0.0283. The molecule has 0 radical (unpaired) electrons. The van der Waals surface area contributed by atoms with E-state index in [1.54, 1.807) is 0 Å². The van der Waals surface area contributed by atoms with Gasteiger partial charge in [0.15, 0.2) is 0 Å². The molecule has 3 heterocycles. The highest BCUT2D eigenvalue weighted by Crippen LogP contribution is 2.38. The van der Waals surface area contributed by atoms with Crippen molar-refractivity contribution in [3.63, 3.8) is 0 Å². The van der Waals surface area contributed by atoms with Gasteiger partial charge in [-0.25, -0.2) is 4.79 Å².